The minimum atomic E-state index is -4.02. The van der Waals surface area contributed by atoms with E-state index in [-0.39, 0.29) is 16.9 Å². The molecule has 0 unspecified atom stereocenters. The first-order chi connectivity index (χ1) is 20.3. The molecule has 0 spiro atoms. The maximum Gasteiger partial charge on any atom is 0.272 e. The Balaban J connectivity index is 2.17. The highest BCUT2D eigenvalue weighted by atomic mass is 32.2. The Labute approximate surface area is 274 Å². The summed E-state index contributed by atoms with van der Waals surface area (Å²) < 4.78 is 55.3. The molecule has 0 saturated carbocycles. The summed E-state index contributed by atoms with van der Waals surface area (Å²) in [6.45, 7) is 26.6. The van der Waals surface area contributed by atoms with Crippen molar-refractivity contribution in [2.75, 3.05) is 0 Å². The smallest absolute Gasteiger partial charge is 0.272 e. The molecule has 2 aromatic rings. The van der Waals surface area contributed by atoms with Crippen LogP contribution in [0.1, 0.15) is 74.8 Å². The SMILES string of the molecule is CC(C)[Si](O[C@@H]1[C@@H](O[Si](C)(C)C(C)(C)C)[C@@H](OS(=O)(=O)Cc2ccccc2)[C@@H](Sc2ccccc2)O[C@H]1C)(C(C)C)C(C)C. The van der Waals surface area contributed by atoms with Crippen molar-refractivity contribution in [3.63, 3.8) is 0 Å². The number of rotatable bonds is 13. The summed E-state index contributed by atoms with van der Waals surface area (Å²) in [5.74, 6) is -0.233. The van der Waals surface area contributed by atoms with Gasteiger partial charge in [-0.3, -0.25) is 4.18 Å². The second-order valence-corrected chi connectivity index (χ2v) is 27.6. The summed E-state index contributed by atoms with van der Waals surface area (Å²) in [5, 5.41) is -0.114. The summed E-state index contributed by atoms with van der Waals surface area (Å²) >= 11 is 1.48. The maximum atomic E-state index is 13.8. The summed E-state index contributed by atoms with van der Waals surface area (Å²) in [7, 11) is -8.88. The monoisotopic (exact) mass is 680 g/mol. The van der Waals surface area contributed by atoms with Crippen molar-refractivity contribution in [1.82, 2.24) is 0 Å². The normalized spacial score (nSPS) is 23.9. The summed E-state index contributed by atoms with van der Waals surface area (Å²) in [4.78, 5) is 0.972. The number of thioether (sulfide) groups is 1. The lowest BCUT2D eigenvalue weighted by molar-refractivity contribution is -0.175. The van der Waals surface area contributed by atoms with Crippen LogP contribution in [0.5, 0.6) is 0 Å². The molecule has 0 aliphatic carbocycles. The molecule has 0 aromatic heterocycles. The van der Waals surface area contributed by atoms with Crippen LogP contribution in [0.4, 0.5) is 0 Å². The van der Waals surface area contributed by atoms with Gasteiger partial charge in [-0.05, 0) is 59.4 Å². The first-order valence-electron chi connectivity index (χ1n) is 16.0. The van der Waals surface area contributed by atoms with Gasteiger partial charge >= 0.3 is 0 Å². The van der Waals surface area contributed by atoms with Gasteiger partial charge < -0.3 is 13.6 Å². The van der Waals surface area contributed by atoms with E-state index in [1.807, 2.05) is 55.5 Å². The third-order valence-electron chi connectivity index (χ3n) is 9.45. The molecule has 3 rings (SSSR count). The van der Waals surface area contributed by atoms with E-state index in [2.05, 4.69) is 75.4 Å². The van der Waals surface area contributed by atoms with E-state index in [4.69, 9.17) is 17.8 Å². The van der Waals surface area contributed by atoms with Gasteiger partial charge in [-0.25, -0.2) is 0 Å². The van der Waals surface area contributed by atoms with Crippen molar-refractivity contribution in [3.8, 4) is 0 Å². The molecular weight excluding hydrogens is 625 g/mol. The fraction of sp³-hybridized carbons (Fsp3) is 0.647. The van der Waals surface area contributed by atoms with Gasteiger partial charge in [0, 0.05) is 4.90 Å². The lowest BCUT2D eigenvalue weighted by atomic mass is 10.0. The van der Waals surface area contributed by atoms with E-state index in [0.29, 0.717) is 22.2 Å². The third-order valence-corrected chi connectivity index (χ3v) is 22.4. The lowest BCUT2D eigenvalue weighted by Gasteiger charge is -2.53. The Morgan fingerprint density at radius 3 is 1.77 bits per heavy atom. The molecule has 1 fully saturated rings. The number of hydrogen-bond donors (Lipinski definition) is 0. The van der Waals surface area contributed by atoms with E-state index >= 15 is 0 Å². The van der Waals surface area contributed by atoms with Gasteiger partial charge in [-0.15, -0.1) is 0 Å². The zero-order valence-corrected chi connectivity index (χ0v) is 32.5. The van der Waals surface area contributed by atoms with Crippen LogP contribution in [0.2, 0.25) is 34.8 Å². The highest BCUT2D eigenvalue weighted by Crippen LogP contribution is 2.48. The van der Waals surface area contributed by atoms with Crippen LogP contribution in [0.15, 0.2) is 65.6 Å². The van der Waals surface area contributed by atoms with E-state index in [0.717, 1.165) is 4.90 Å². The van der Waals surface area contributed by atoms with E-state index in [1.165, 1.54) is 11.8 Å². The Hall–Kier alpha value is -0.986. The topological polar surface area (TPSA) is 71.1 Å². The molecule has 1 aliphatic heterocycles. The maximum absolute atomic E-state index is 13.8. The van der Waals surface area contributed by atoms with Crippen LogP contribution in [0.3, 0.4) is 0 Å². The van der Waals surface area contributed by atoms with Crippen LogP contribution in [-0.2, 0) is 33.6 Å². The number of hydrogen-bond acceptors (Lipinski definition) is 7. The molecule has 6 nitrogen and oxygen atoms in total. The van der Waals surface area contributed by atoms with Crippen LogP contribution in [-0.4, -0.2) is 54.9 Å². The fourth-order valence-corrected chi connectivity index (χ4v) is 15.6. The van der Waals surface area contributed by atoms with E-state index in [9.17, 15) is 8.42 Å². The second-order valence-electron chi connectivity index (χ2n) is 14.6. The Morgan fingerprint density at radius 1 is 0.795 bits per heavy atom. The molecular formula is C34H56O6S2Si2. The molecule has 44 heavy (non-hydrogen) atoms. The van der Waals surface area contributed by atoms with Crippen LogP contribution < -0.4 is 0 Å². The summed E-state index contributed by atoms with van der Waals surface area (Å²) in [6, 6.07) is 19.1. The Morgan fingerprint density at radius 2 is 1.30 bits per heavy atom. The average molecular weight is 681 g/mol. The van der Waals surface area contributed by atoms with Crippen molar-refractivity contribution in [1.29, 1.82) is 0 Å². The molecule has 2 aromatic carbocycles. The third kappa shape index (κ3) is 8.88. The van der Waals surface area contributed by atoms with Gasteiger partial charge in [0.1, 0.15) is 23.4 Å². The minimum absolute atomic E-state index is 0.114. The van der Waals surface area contributed by atoms with Crippen LogP contribution in [0, 0.1) is 0 Å². The van der Waals surface area contributed by atoms with Crippen molar-refractivity contribution in [2.45, 2.75) is 144 Å². The van der Waals surface area contributed by atoms with Gasteiger partial charge in [0.15, 0.2) is 8.32 Å². The Bertz CT molecular complexity index is 1260. The van der Waals surface area contributed by atoms with Gasteiger partial charge in [0.05, 0.1) is 12.2 Å². The van der Waals surface area contributed by atoms with Crippen molar-refractivity contribution in [3.05, 3.63) is 66.2 Å². The molecule has 248 valence electrons. The molecule has 0 N–H and O–H groups in total. The number of benzene rings is 2. The molecule has 1 aliphatic rings. The predicted octanol–water partition coefficient (Wildman–Crippen LogP) is 9.39. The zero-order chi connectivity index (χ0) is 33.1. The minimum Gasteiger partial charge on any atom is -0.408 e. The highest BCUT2D eigenvalue weighted by molar-refractivity contribution is 7.99. The highest BCUT2D eigenvalue weighted by Gasteiger charge is 2.56. The first kappa shape index (κ1) is 37.5. The van der Waals surface area contributed by atoms with Crippen LogP contribution in [0.25, 0.3) is 0 Å². The van der Waals surface area contributed by atoms with Gasteiger partial charge in [0.2, 0.25) is 8.32 Å². The molecule has 1 saturated heterocycles. The van der Waals surface area contributed by atoms with E-state index < -0.39 is 50.5 Å². The average Bonchev–Trinajstić information content (AvgIpc) is 2.90. The zero-order valence-electron chi connectivity index (χ0n) is 28.9. The molecule has 0 radical (unpaired) electrons. The molecule has 10 heteroatoms. The van der Waals surface area contributed by atoms with Crippen molar-refractivity contribution < 1.29 is 26.2 Å². The lowest BCUT2D eigenvalue weighted by Crippen LogP contribution is -2.65. The van der Waals surface area contributed by atoms with Gasteiger partial charge in [-0.2, -0.15) is 8.42 Å². The van der Waals surface area contributed by atoms with Crippen molar-refractivity contribution in [2.24, 2.45) is 0 Å². The second kappa shape index (κ2) is 14.8. The van der Waals surface area contributed by atoms with Crippen molar-refractivity contribution >= 4 is 38.5 Å². The summed E-state index contributed by atoms with van der Waals surface area (Å²) in [5.41, 5.74) is 1.05. The predicted molar refractivity (Wildman–Crippen MR) is 189 cm³/mol. The van der Waals surface area contributed by atoms with Gasteiger partial charge in [0.25, 0.3) is 10.1 Å². The largest absolute Gasteiger partial charge is 0.408 e. The Kier molecular flexibility index (Phi) is 12.6. The van der Waals surface area contributed by atoms with Crippen LogP contribution >= 0.6 is 11.8 Å². The molecule has 0 amide bonds. The fourth-order valence-electron chi connectivity index (χ4n) is 6.24. The van der Waals surface area contributed by atoms with E-state index in [1.54, 1.807) is 12.1 Å². The molecule has 0 bridgehead atoms. The van der Waals surface area contributed by atoms with Gasteiger partial charge in [-0.1, -0.05) is 123 Å². The first-order valence-corrected chi connectivity index (χ1v) is 23.5. The summed E-state index contributed by atoms with van der Waals surface area (Å²) in [6.07, 6.45) is -2.39. The number of ether oxygens (including phenoxy) is 1. The quantitative estimate of drug-likeness (QED) is 0.154. The molecule has 5 atom stereocenters. The standard InChI is InChI=1S/C34H56O6S2Si2/c1-24(2)44(25(3)4,26(5)6)40-30-27(7)37-33(41-29-21-17-14-18-22-29)32(31(30)39-43(11,12)34(8,9)10)38-42(35,36)23-28-19-15-13-16-20-28/h13-22,24-27,30-33H,23H2,1-12H3/t27-,30-,31+,32+,33+/m0/s1. The molecule has 1 heterocycles.